The third kappa shape index (κ3) is 7.53. The summed E-state index contributed by atoms with van der Waals surface area (Å²) in [5.41, 5.74) is 4.86. The molecule has 0 unspecified atom stereocenters. The molecule has 0 bridgehead atoms. The van der Waals surface area contributed by atoms with Crippen molar-refractivity contribution in [2.75, 3.05) is 25.5 Å². The van der Waals surface area contributed by atoms with Crippen molar-refractivity contribution in [2.24, 2.45) is 5.73 Å². The molecule has 0 heterocycles. The Bertz CT molecular complexity index is 518. The first-order valence-electron chi connectivity index (χ1n) is 6.57. The van der Waals surface area contributed by atoms with Gasteiger partial charge in [-0.15, -0.1) is 11.8 Å². The Hall–Kier alpha value is -2.22. The maximum Gasteiger partial charge on any atom is 0.316 e. The number of thioether (sulfide) groups is 1. The Morgan fingerprint density at radius 1 is 1.23 bits per heavy atom. The lowest BCUT2D eigenvalue weighted by Crippen LogP contribution is -2.36. The van der Waals surface area contributed by atoms with Crippen LogP contribution in [0.2, 0.25) is 0 Å². The molecule has 0 aliphatic heterocycles. The number of hydrogen-bond acceptors (Lipinski definition) is 6. The molecule has 0 radical (unpaired) electrons. The second kappa shape index (κ2) is 9.67. The van der Waals surface area contributed by atoms with Gasteiger partial charge in [0.2, 0.25) is 5.91 Å². The Morgan fingerprint density at radius 2 is 1.91 bits per heavy atom. The molecule has 1 aromatic carbocycles. The number of esters is 1. The molecule has 0 saturated carbocycles. The van der Waals surface area contributed by atoms with Gasteiger partial charge in [0.25, 0.3) is 5.91 Å². The second-order valence-electron chi connectivity index (χ2n) is 4.10. The number of amides is 2. The monoisotopic (exact) mass is 326 g/mol. The molecule has 1 rings (SSSR count). The van der Waals surface area contributed by atoms with Gasteiger partial charge in [0.05, 0.1) is 18.9 Å². The average Bonchev–Trinajstić information content (AvgIpc) is 2.50. The van der Waals surface area contributed by atoms with E-state index in [2.05, 4.69) is 5.32 Å². The van der Waals surface area contributed by atoms with E-state index in [-0.39, 0.29) is 12.3 Å². The summed E-state index contributed by atoms with van der Waals surface area (Å²) in [6.07, 6.45) is 0. The van der Waals surface area contributed by atoms with Crippen LogP contribution in [-0.2, 0) is 19.1 Å². The highest BCUT2D eigenvalue weighted by molar-refractivity contribution is 8.00. The number of primary amides is 1. The van der Waals surface area contributed by atoms with E-state index < -0.39 is 24.4 Å². The predicted octanol–water partition coefficient (Wildman–Crippen LogP) is 0.322. The van der Waals surface area contributed by atoms with Crippen LogP contribution in [0.1, 0.15) is 6.92 Å². The van der Waals surface area contributed by atoms with Gasteiger partial charge in [0.1, 0.15) is 5.75 Å². The van der Waals surface area contributed by atoms with Gasteiger partial charge in [-0.25, -0.2) is 0 Å². The summed E-state index contributed by atoms with van der Waals surface area (Å²) in [7, 11) is 0. The molecule has 3 N–H and O–H groups in total. The van der Waals surface area contributed by atoms with E-state index in [0.29, 0.717) is 6.61 Å². The topological polar surface area (TPSA) is 108 Å². The Kier molecular flexibility index (Phi) is 7.84. The minimum absolute atomic E-state index is 0.0804. The molecule has 22 heavy (non-hydrogen) atoms. The first kappa shape index (κ1) is 17.8. The van der Waals surface area contributed by atoms with Crippen molar-refractivity contribution in [2.45, 2.75) is 11.8 Å². The van der Waals surface area contributed by atoms with Crippen LogP contribution in [0, 0.1) is 0 Å². The van der Waals surface area contributed by atoms with E-state index in [1.807, 2.05) is 31.2 Å². The van der Waals surface area contributed by atoms with Crippen molar-refractivity contribution >= 4 is 29.5 Å². The lowest BCUT2D eigenvalue weighted by molar-refractivity contribution is -0.146. The number of rotatable bonds is 9. The fraction of sp³-hybridized carbons (Fsp3) is 0.357. The Morgan fingerprint density at radius 3 is 2.50 bits per heavy atom. The summed E-state index contributed by atoms with van der Waals surface area (Å²) < 4.78 is 10.1. The summed E-state index contributed by atoms with van der Waals surface area (Å²) in [6, 6.07) is 7.30. The maximum absolute atomic E-state index is 11.5. The quantitative estimate of drug-likeness (QED) is 0.500. The zero-order valence-electron chi connectivity index (χ0n) is 12.2. The van der Waals surface area contributed by atoms with Gasteiger partial charge in [0.15, 0.2) is 6.61 Å². The van der Waals surface area contributed by atoms with Crippen molar-refractivity contribution in [3.63, 3.8) is 0 Å². The molecular weight excluding hydrogens is 308 g/mol. The molecule has 0 saturated heterocycles. The second-order valence-corrected chi connectivity index (χ2v) is 5.15. The van der Waals surface area contributed by atoms with Crippen LogP contribution < -0.4 is 15.8 Å². The highest BCUT2D eigenvalue weighted by atomic mass is 32.2. The average molecular weight is 326 g/mol. The first-order chi connectivity index (χ1) is 10.5. The molecule has 0 aliphatic rings. The molecular formula is C14H18N2O5S. The molecule has 8 heteroatoms. The van der Waals surface area contributed by atoms with Crippen molar-refractivity contribution in [3.05, 3.63) is 24.3 Å². The van der Waals surface area contributed by atoms with Crippen LogP contribution in [0.5, 0.6) is 5.75 Å². The summed E-state index contributed by atoms with van der Waals surface area (Å²) in [4.78, 5) is 34.0. The maximum atomic E-state index is 11.5. The summed E-state index contributed by atoms with van der Waals surface area (Å²) in [5, 5.41) is 2.22. The highest BCUT2D eigenvalue weighted by Crippen LogP contribution is 2.21. The molecule has 0 aromatic heterocycles. The molecule has 0 spiro atoms. The summed E-state index contributed by atoms with van der Waals surface area (Å²) in [6.45, 7) is 1.78. The molecule has 0 aliphatic carbocycles. The smallest absolute Gasteiger partial charge is 0.316 e. The molecule has 120 valence electrons. The number of benzene rings is 1. The standard InChI is InChI=1S/C14H18N2O5S/c1-2-20-10-3-5-11(6-4-10)22-9-14(19)21-8-13(18)16-7-12(15)17/h3-6H,2,7-9H2,1H3,(H2,15,17)(H,16,18). The normalized spacial score (nSPS) is 9.86. The van der Waals surface area contributed by atoms with E-state index >= 15 is 0 Å². The van der Waals surface area contributed by atoms with Crippen LogP contribution in [0.4, 0.5) is 0 Å². The summed E-state index contributed by atoms with van der Waals surface area (Å²) in [5.74, 6) is -0.908. The van der Waals surface area contributed by atoms with Crippen LogP contribution in [0.15, 0.2) is 29.2 Å². The van der Waals surface area contributed by atoms with Crippen LogP contribution >= 0.6 is 11.8 Å². The minimum atomic E-state index is -0.661. The minimum Gasteiger partial charge on any atom is -0.494 e. The lowest BCUT2D eigenvalue weighted by Gasteiger charge is -2.06. The van der Waals surface area contributed by atoms with Crippen LogP contribution in [-0.4, -0.2) is 43.3 Å². The number of carbonyl (C=O) groups excluding carboxylic acids is 3. The van der Waals surface area contributed by atoms with Gasteiger partial charge in [-0.2, -0.15) is 0 Å². The van der Waals surface area contributed by atoms with E-state index in [1.54, 1.807) is 0 Å². The van der Waals surface area contributed by atoms with E-state index in [9.17, 15) is 14.4 Å². The van der Waals surface area contributed by atoms with Gasteiger partial charge < -0.3 is 20.5 Å². The molecule has 0 atom stereocenters. The number of carbonyl (C=O) groups is 3. The Labute approximate surface area is 132 Å². The first-order valence-corrected chi connectivity index (χ1v) is 7.56. The third-order valence-electron chi connectivity index (χ3n) is 2.32. The number of hydrogen-bond donors (Lipinski definition) is 2. The highest BCUT2D eigenvalue weighted by Gasteiger charge is 2.08. The zero-order chi connectivity index (χ0) is 16.4. The van der Waals surface area contributed by atoms with E-state index in [0.717, 1.165) is 10.6 Å². The third-order valence-corrected chi connectivity index (χ3v) is 3.30. The van der Waals surface area contributed by atoms with E-state index in [4.69, 9.17) is 15.2 Å². The van der Waals surface area contributed by atoms with Crippen molar-refractivity contribution < 1.29 is 23.9 Å². The fourth-order valence-electron chi connectivity index (χ4n) is 1.37. The summed E-state index contributed by atoms with van der Waals surface area (Å²) >= 11 is 1.29. The van der Waals surface area contributed by atoms with Crippen LogP contribution in [0.25, 0.3) is 0 Å². The van der Waals surface area contributed by atoms with Gasteiger partial charge >= 0.3 is 5.97 Å². The molecule has 7 nitrogen and oxygen atoms in total. The number of nitrogens with two attached hydrogens (primary N) is 1. The van der Waals surface area contributed by atoms with E-state index in [1.165, 1.54) is 11.8 Å². The SMILES string of the molecule is CCOc1ccc(SCC(=O)OCC(=O)NCC(N)=O)cc1. The van der Waals surface area contributed by atoms with Gasteiger partial charge in [-0.1, -0.05) is 0 Å². The number of nitrogens with one attached hydrogen (secondary N) is 1. The lowest BCUT2D eigenvalue weighted by atomic mass is 10.3. The predicted molar refractivity (Wildman–Crippen MR) is 81.5 cm³/mol. The molecule has 2 amide bonds. The van der Waals surface area contributed by atoms with Crippen molar-refractivity contribution in [1.29, 1.82) is 0 Å². The van der Waals surface area contributed by atoms with Gasteiger partial charge in [-0.3, -0.25) is 14.4 Å². The van der Waals surface area contributed by atoms with Gasteiger partial charge in [-0.05, 0) is 31.2 Å². The van der Waals surface area contributed by atoms with Crippen molar-refractivity contribution in [3.8, 4) is 5.75 Å². The fourth-order valence-corrected chi connectivity index (χ4v) is 2.06. The molecule has 1 aromatic rings. The molecule has 0 fully saturated rings. The largest absolute Gasteiger partial charge is 0.494 e. The van der Waals surface area contributed by atoms with Gasteiger partial charge in [0, 0.05) is 4.90 Å². The van der Waals surface area contributed by atoms with Crippen molar-refractivity contribution in [1.82, 2.24) is 5.32 Å². The number of ether oxygens (including phenoxy) is 2. The van der Waals surface area contributed by atoms with Crippen LogP contribution in [0.3, 0.4) is 0 Å². The zero-order valence-corrected chi connectivity index (χ0v) is 13.0. The Balaban J connectivity index is 2.25.